The average Bonchev–Trinajstić information content (AvgIpc) is 3.58. The molecule has 2 heterocycles. The Hall–Kier alpha value is -3.63. The molecule has 1 saturated heterocycles. The van der Waals surface area contributed by atoms with Crippen molar-refractivity contribution >= 4 is 34.8 Å². The highest BCUT2D eigenvalue weighted by Crippen LogP contribution is 2.28. The van der Waals surface area contributed by atoms with Gasteiger partial charge in [-0.2, -0.15) is 0 Å². The Balaban J connectivity index is 1.52. The van der Waals surface area contributed by atoms with Crippen LogP contribution in [0.4, 0.5) is 0 Å². The molecule has 0 radical (unpaired) electrons. The normalized spacial score (nSPS) is 15.7. The van der Waals surface area contributed by atoms with Crippen LogP contribution in [0, 0.1) is 24.7 Å². The van der Waals surface area contributed by atoms with Gasteiger partial charge in [-0.1, -0.05) is 51.0 Å². The summed E-state index contributed by atoms with van der Waals surface area (Å²) >= 11 is 1.57. The molecule has 2 N–H and O–H groups in total. The van der Waals surface area contributed by atoms with Crippen molar-refractivity contribution in [2.24, 2.45) is 5.41 Å². The van der Waals surface area contributed by atoms with Gasteiger partial charge >= 0.3 is 0 Å². The number of rotatable bonds is 15. The van der Waals surface area contributed by atoms with Crippen LogP contribution in [0.15, 0.2) is 29.8 Å². The topological polar surface area (TPSA) is 136 Å². The number of terminal acetylenes is 1. The van der Waals surface area contributed by atoms with Crippen molar-refractivity contribution in [3.05, 3.63) is 41.0 Å². The van der Waals surface area contributed by atoms with E-state index in [1.165, 1.54) is 4.90 Å². The summed E-state index contributed by atoms with van der Waals surface area (Å²) in [5, 5.41) is 5.59. The second kappa shape index (κ2) is 16.3. The minimum atomic E-state index is -0.975. The van der Waals surface area contributed by atoms with E-state index in [9.17, 15) is 19.2 Å². The van der Waals surface area contributed by atoms with Crippen molar-refractivity contribution in [1.82, 2.24) is 20.5 Å². The molecular weight excluding hydrogens is 572 g/mol. The van der Waals surface area contributed by atoms with Crippen LogP contribution in [0.3, 0.4) is 0 Å². The van der Waals surface area contributed by atoms with Crippen LogP contribution in [-0.2, 0) is 39.9 Å². The van der Waals surface area contributed by atoms with Gasteiger partial charge in [0.25, 0.3) is 0 Å². The molecule has 11 nitrogen and oxygen atoms in total. The standard InChI is InChI=1S/C31H40N4O7S/c1-6-11-40-12-13-41-14-15-42-19-26(37)34-28(31(3,4)5)30(39)35-18-24(36)16-25(35)29(38)32-17-22-7-9-23(10-8-22)27-21(2)33-20-43-27/h1,7-10,20,25,28H,11-19H2,2-5H3,(H,32,38)(H,34,37)/t25-,28+/m0/s1. The number of benzene rings is 1. The van der Waals surface area contributed by atoms with Crippen molar-refractivity contribution in [3.63, 3.8) is 0 Å². The lowest BCUT2D eigenvalue weighted by atomic mass is 9.85. The fraction of sp³-hybridized carbons (Fsp3) is 0.516. The quantitative estimate of drug-likeness (QED) is 0.231. The van der Waals surface area contributed by atoms with E-state index >= 15 is 0 Å². The van der Waals surface area contributed by atoms with Crippen LogP contribution in [0.2, 0.25) is 0 Å². The van der Waals surface area contributed by atoms with Gasteiger partial charge in [-0.25, -0.2) is 4.98 Å². The smallest absolute Gasteiger partial charge is 0.246 e. The van der Waals surface area contributed by atoms with Crippen molar-refractivity contribution in [1.29, 1.82) is 0 Å². The van der Waals surface area contributed by atoms with Crippen molar-refractivity contribution in [3.8, 4) is 22.8 Å². The summed E-state index contributed by atoms with van der Waals surface area (Å²) in [5.74, 6) is 0.734. The van der Waals surface area contributed by atoms with Crippen molar-refractivity contribution < 1.29 is 33.4 Å². The number of thiazole rings is 1. The zero-order chi connectivity index (χ0) is 31.4. The number of aryl methyl sites for hydroxylation is 1. The van der Waals surface area contributed by atoms with Gasteiger partial charge in [0, 0.05) is 13.0 Å². The van der Waals surface area contributed by atoms with E-state index in [4.69, 9.17) is 20.6 Å². The summed E-state index contributed by atoms with van der Waals surface area (Å²) in [6.45, 7) is 8.50. The van der Waals surface area contributed by atoms with Gasteiger partial charge < -0.3 is 29.7 Å². The fourth-order valence-electron chi connectivity index (χ4n) is 4.47. The number of carbonyl (C=O) groups excluding carboxylic acids is 4. The molecule has 12 heteroatoms. The molecule has 0 saturated carbocycles. The lowest BCUT2D eigenvalue weighted by Gasteiger charge is -2.35. The van der Waals surface area contributed by atoms with Crippen molar-refractivity contribution in [2.75, 3.05) is 46.2 Å². The summed E-state index contributed by atoms with van der Waals surface area (Å²) in [6, 6.07) is 5.86. The van der Waals surface area contributed by atoms with Crippen LogP contribution < -0.4 is 10.6 Å². The second-order valence-corrected chi connectivity index (χ2v) is 12.0. The van der Waals surface area contributed by atoms with Gasteiger partial charge in [0.2, 0.25) is 17.7 Å². The van der Waals surface area contributed by atoms with E-state index in [0.29, 0.717) is 13.2 Å². The van der Waals surface area contributed by atoms with Gasteiger partial charge in [0.1, 0.15) is 25.3 Å². The predicted molar refractivity (Wildman–Crippen MR) is 162 cm³/mol. The van der Waals surface area contributed by atoms with Crippen LogP contribution in [0.25, 0.3) is 10.4 Å². The molecule has 1 aromatic carbocycles. The van der Waals surface area contributed by atoms with E-state index in [1.54, 1.807) is 37.6 Å². The van der Waals surface area contributed by atoms with E-state index in [1.807, 2.05) is 31.2 Å². The first-order valence-corrected chi connectivity index (χ1v) is 14.9. The Morgan fingerprint density at radius 1 is 1.12 bits per heavy atom. The largest absolute Gasteiger partial charge is 0.377 e. The molecule has 1 aromatic heterocycles. The number of Topliss-reactive ketones (excluding diaryl/α,β-unsaturated/α-hetero) is 1. The van der Waals surface area contributed by atoms with Gasteiger partial charge in [0.05, 0.1) is 49.1 Å². The van der Waals surface area contributed by atoms with Gasteiger partial charge in [-0.3, -0.25) is 19.2 Å². The van der Waals surface area contributed by atoms with E-state index < -0.39 is 35.2 Å². The van der Waals surface area contributed by atoms with Crippen LogP contribution >= 0.6 is 11.3 Å². The molecule has 0 aliphatic carbocycles. The van der Waals surface area contributed by atoms with E-state index in [0.717, 1.165) is 21.7 Å². The maximum Gasteiger partial charge on any atom is 0.246 e. The number of ether oxygens (including phenoxy) is 3. The highest BCUT2D eigenvalue weighted by Gasteiger charge is 2.44. The van der Waals surface area contributed by atoms with Crippen LogP contribution in [0.5, 0.6) is 0 Å². The summed E-state index contributed by atoms with van der Waals surface area (Å²) < 4.78 is 15.8. The third-order valence-electron chi connectivity index (χ3n) is 6.74. The maximum absolute atomic E-state index is 13.7. The number of aromatic nitrogens is 1. The Morgan fingerprint density at radius 2 is 1.79 bits per heavy atom. The molecule has 1 aliphatic heterocycles. The molecule has 0 bridgehead atoms. The van der Waals surface area contributed by atoms with Gasteiger partial charge in [0.15, 0.2) is 5.78 Å². The number of nitrogens with zero attached hydrogens (tertiary/aromatic N) is 2. The number of likely N-dealkylation sites (tertiary alicyclic amines) is 1. The Kier molecular flexibility index (Phi) is 12.8. The van der Waals surface area contributed by atoms with E-state index in [2.05, 4.69) is 21.5 Å². The lowest BCUT2D eigenvalue weighted by Crippen LogP contribution is -2.58. The van der Waals surface area contributed by atoms with E-state index in [-0.39, 0.29) is 51.7 Å². The SMILES string of the molecule is C#CCOCCOCCOCC(=O)N[C@H](C(=O)N1CC(=O)C[C@H]1C(=O)NCc1ccc(-c2scnc2C)cc1)C(C)(C)C. The predicted octanol–water partition coefficient (Wildman–Crippen LogP) is 2.12. The van der Waals surface area contributed by atoms with Crippen LogP contribution in [-0.4, -0.2) is 91.7 Å². The minimum absolute atomic E-state index is 0.0805. The molecule has 1 fully saturated rings. The molecule has 0 unspecified atom stereocenters. The second-order valence-electron chi connectivity index (χ2n) is 11.2. The summed E-state index contributed by atoms with van der Waals surface area (Å²) in [4.78, 5) is 58.5. The highest BCUT2D eigenvalue weighted by molar-refractivity contribution is 7.13. The Bertz CT molecular complexity index is 1300. The fourth-order valence-corrected chi connectivity index (χ4v) is 5.28. The maximum atomic E-state index is 13.7. The molecular formula is C31H40N4O7S. The third kappa shape index (κ3) is 10.2. The monoisotopic (exact) mass is 612 g/mol. The molecule has 43 heavy (non-hydrogen) atoms. The molecule has 3 rings (SSSR count). The first kappa shape index (κ1) is 33.9. The number of hydrogen-bond donors (Lipinski definition) is 2. The number of carbonyl (C=O) groups is 4. The average molecular weight is 613 g/mol. The van der Waals surface area contributed by atoms with Crippen molar-refractivity contribution in [2.45, 2.75) is 52.7 Å². The summed E-state index contributed by atoms with van der Waals surface area (Å²) in [7, 11) is 0. The molecule has 232 valence electrons. The highest BCUT2D eigenvalue weighted by atomic mass is 32.1. The molecule has 0 spiro atoms. The van der Waals surface area contributed by atoms with Gasteiger partial charge in [-0.15, -0.1) is 17.8 Å². The number of nitrogens with one attached hydrogen (secondary N) is 2. The Morgan fingerprint density at radius 3 is 2.42 bits per heavy atom. The van der Waals surface area contributed by atoms with Crippen LogP contribution in [0.1, 0.15) is 38.4 Å². The molecule has 2 atom stereocenters. The van der Waals surface area contributed by atoms with Gasteiger partial charge in [-0.05, 0) is 23.5 Å². The zero-order valence-electron chi connectivity index (χ0n) is 25.1. The zero-order valence-corrected chi connectivity index (χ0v) is 26.0. The molecule has 3 amide bonds. The Labute approximate surface area is 256 Å². The summed E-state index contributed by atoms with van der Waals surface area (Å²) in [5.41, 5.74) is 3.99. The first-order chi connectivity index (χ1) is 20.5. The third-order valence-corrected chi connectivity index (χ3v) is 7.72. The number of ketones is 1. The minimum Gasteiger partial charge on any atom is -0.377 e. The number of hydrogen-bond acceptors (Lipinski definition) is 9. The molecule has 1 aliphatic rings. The summed E-state index contributed by atoms with van der Waals surface area (Å²) in [6.07, 6.45) is 5.02. The number of amides is 3. The lowest BCUT2D eigenvalue weighted by molar-refractivity contribution is -0.144. The molecule has 2 aromatic rings. The first-order valence-electron chi connectivity index (χ1n) is 14.1.